The van der Waals surface area contributed by atoms with E-state index in [-0.39, 0.29) is 17.1 Å². The fourth-order valence-electron chi connectivity index (χ4n) is 0.922. The van der Waals surface area contributed by atoms with Gasteiger partial charge in [-0.1, -0.05) is 38.1 Å². The van der Waals surface area contributed by atoms with Gasteiger partial charge in [0, 0.05) is 36.1 Å². The van der Waals surface area contributed by atoms with E-state index in [1.54, 1.807) is 0 Å². The lowest BCUT2D eigenvalue weighted by Crippen LogP contribution is -2.14. The van der Waals surface area contributed by atoms with Crippen molar-refractivity contribution in [2.45, 2.75) is 52.0 Å². The van der Waals surface area contributed by atoms with Gasteiger partial charge in [0.25, 0.3) is 0 Å². The Morgan fingerprint density at radius 3 is 2.78 bits per heavy atom. The fraction of sp³-hybridized carbons (Fsp3) is 0.600. The normalized spacial score (nSPS) is 27.3. The van der Waals surface area contributed by atoms with Crippen molar-refractivity contribution in [2.75, 3.05) is 6.54 Å². The van der Waals surface area contributed by atoms with E-state index in [1.807, 2.05) is 0 Å². The minimum atomic E-state index is -3.56. The van der Waals surface area contributed by atoms with E-state index in [1.165, 1.54) is 0 Å². The van der Waals surface area contributed by atoms with Crippen LogP contribution in [0.4, 0.5) is 0 Å². The summed E-state index contributed by atoms with van der Waals surface area (Å²) in [4.78, 5) is 29.8. The first-order valence-electron chi connectivity index (χ1n) is 14.2. The molecule has 1 aromatic heterocycles. The summed E-state index contributed by atoms with van der Waals surface area (Å²) in [7, 11) is 0. The van der Waals surface area contributed by atoms with Crippen molar-refractivity contribution in [3.8, 4) is 0 Å². The number of hydrogen-bond acceptors (Lipinski definition) is 4. The maximum Gasteiger partial charge on any atom is 0.325 e. The molecule has 4 N–H and O–H groups in total. The number of nitrogens with two attached hydrogens (primary N) is 1. The molecule has 0 saturated carbocycles. The van der Waals surface area contributed by atoms with Crippen molar-refractivity contribution >= 4 is 29.7 Å². The molecule has 0 radical (unpaired) electrons. The SMILES string of the molecule is [2H]C([2H])([2H])C([2H])([2H])C([2H])([2H])C([2H])([2H])C(N)=NCC(=O)O.[2H]C(c1nc(C=O)c(Cl)[nH]1)C([2H])([2H])C([2H])([2H])C([2H])([2H])[2H]. The summed E-state index contributed by atoms with van der Waals surface area (Å²) in [6.45, 7) is -7.66. The predicted octanol–water partition coefficient (Wildman–Crippen LogP) is 2.84. The van der Waals surface area contributed by atoms with Gasteiger partial charge in [0.15, 0.2) is 6.29 Å². The zero-order chi connectivity index (χ0) is 32.5. The van der Waals surface area contributed by atoms with Gasteiger partial charge in [-0.2, -0.15) is 0 Å². The molecular weight excluding hydrogens is 320 g/mol. The zero-order valence-electron chi connectivity index (χ0n) is 28.5. The predicted molar refractivity (Wildman–Crippen MR) is 91.2 cm³/mol. The van der Waals surface area contributed by atoms with Crippen LogP contribution in [-0.4, -0.2) is 39.7 Å². The van der Waals surface area contributed by atoms with Gasteiger partial charge in [-0.25, -0.2) is 4.98 Å². The van der Waals surface area contributed by atoms with Crippen LogP contribution in [0, 0.1) is 0 Å². The van der Waals surface area contributed by atoms with Gasteiger partial charge in [0.05, 0.1) is 5.84 Å². The summed E-state index contributed by atoms with van der Waals surface area (Å²) in [5.74, 6) is -3.00. The van der Waals surface area contributed by atoms with Crippen molar-refractivity contribution in [1.29, 1.82) is 0 Å². The van der Waals surface area contributed by atoms with Crippen molar-refractivity contribution in [2.24, 2.45) is 10.7 Å². The molecule has 1 aromatic rings. The quantitative estimate of drug-likeness (QED) is 0.354. The first kappa shape index (κ1) is 6.20. The number of carbonyl (C=O) groups is 2. The van der Waals surface area contributed by atoms with Crippen LogP contribution >= 0.6 is 11.6 Å². The third kappa shape index (κ3) is 10.5. The Kier molecular flexibility index (Phi) is 3.41. The summed E-state index contributed by atoms with van der Waals surface area (Å²) >= 11 is 5.58. The number of nitrogens with one attached hydrogen (secondary N) is 1. The highest BCUT2D eigenvalue weighted by molar-refractivity contribution is 6.31. The molecule has 0 amide bonds. The van der Waals surface area contributed by atoms with Gasteiger partial charge in [-0.15, -0.1) is 0 Å². The maximum absolute atomic E-state index is 10.6. The van der Waals surface area contributed by atoms with Gasteiger partial charge in [0.2, 0.25) is 0 Å². The van der Waals surface area contributed by atoms with Crippen LogP contribution in [0.25, 0.3) is 0 Å². The standard InChI is InChI=1S/C8H11ClN2O.C7H14N2O2/c1-2-3-4-7-10-6(5-12)8(9)11-7;1-2-3-4-6(8)9-5-7(10)11/h5H,2-4H2,1H3,(H,10,11);2-5H2,1H3,(H2,8,9)(H,10,11)/i1D3,2D2,3D2,4D;1D3,2D2,3D2,4D2. The van der Waals surface area contributed by atoms with Crippen molar-refractivity contribution in [3.63, 3.8) is 0 Å². The lowest BCUT2D eigenvalue weighted by Gasteiger charge is -1.96. The molecule has 8 heteroatoms. The largest absolute Gasteiger partial charge is 0.480 e. The minimum absolute atomic E-state index is 0.225. The second-order valence-corrected chi connectivity index (χ2v) is 3.70. The Morgan fingerprint density at radius 1 is 1.52 bits per heavy atom. The van der Waals surface area contributed by atoms with Gasteiger partial charge < -0.3 is 15.8 Å². The number of carboxylic acids is 1. The molecule has 0 aliphatic heterocycles. The number of rotatable bonds is 9. The van der Waals surface area contributed by atoms with E-state index in [2.05, 4.69) is 15.0 Å². The third-order valence-corrected chi connectivity index (χ3v) is 2.02. The zero-order valence-corrected chi connectivity index (χ0v) is 12.2. The maximum atomic E-state index is 10.6. The lowest BCUT2D eigenvalue weighted by molar-refractivity contribution is -0.135. The molecule has 0 saturated heterocycles. The van der Waals surface area contributed by atoms with Gasteiger partial charge in [-0.05, 0) is 12.7 Å². The van der Waals surface area contributed by atoms with E-state index >= 15 is 0 Å². The van der Waals surface area contributed by atoms with Gasteiger partial charge in [0.1, 0.15) is 23.2 Å². The van der Waals surface area contributed by atoms with Gasteiger partial charge >= 0.3 is 5.97 Å². The molecule has 130 valence electrons. The van der Waals surface area contributed by atoms with Crippen molar-refractivity contribution in [3.05, 3.63) is 16.7 Å². The van der Waals surface area contributed by atoms with Crippen LogP contribution in [0.2, 0.25) is 5.15 Å². The Morgan fingerprint density at radius 2 is 2.22 bits per heavy atom. The first-order valence-corrected chi connectivity index (χ1v) is 5.98. The van der Waals surface area contributed by atoms with Crippen LogP contribution in [0.1, 0.15) is 85.2 Å². The number of carboxylic acid groups (broad SMARTS) is 1. The number of aromatic amines is 1. The topological polar surface area (TPSA) is 121 Å². The highest BCUT2D eigenvalue weighted by Gasteiger charge is 2.05. The Hall–Kier alpha value is -1.89. The lowest BCUT2D eigenvalue weighted by atomic mass is 10.2. The van der Waals surface area contributed by atoms with Crippen LogP contribution in [0.15, 0.2) is 4.99 Å². The highest BCUT2D eigenvalue weighted by atomic mass is 35.5. The monoisotopic (exact) mass is 361 g/mol. The van der Waals surface area contributed by atoms with E-state index in [0.29, 0.717) is 0 Å². The van der Waals surface area contributed by atoms with E-state index < -0.39 is 76.1 Å². The van der Waals surface area contributed by atoms with Crippen LogP contribution < -0.4 is 5.73 Å². The average Bonchev–Trinajstić information content (AvgIpc) is 3.15. The Balaban J connectivity index is 0.000000760. The summed E-state index contributed by atoms with van der Waals surface area (Å²) in [6, 6.07) is 0. The molecule has 0 aromatic carbocycles. The molecule has 0 bridgehead atoms. The molecule has 0 spiro atoms. The second-order valence-electron chi connectivity index (χ2n) is 3.32. The minimum Gasteiger partial charge on any atom is -0.480 e. The number of amidine groups is 1. The van der Waals surface area contributed by atoms with E-state index in [9.17, 15) is 9.59 Å². The number of halogens is 1. The molecule has 1 heterocycles. The van der Waals surface area contributed by atoms with E-state index in [0.717, 1.165) is 0 Å². The number of aliphatic imine (C=N–C) groups is 1. The van der Waals surface area contributed by atoms with Crippen LogP contribution in [0.3, 0.4) is 0 Å². The average molecular weight is 362 g/mol. The first-order chi connectivity index (χ1) is 17.4. The number of H-pyrrole nitrogens is 1. The molecule has 0 fully saturated rings. The highest BCUT2D eigenvalue weighted by Crippen LogP contribution is 2.11. The third-order valence-electron chi connectivity index (χ3n) is 1.73. The van der Waals surface area contributed by atoms with E-state index in [4.69, 9.17) is 45.7 Å². The van der Waals surface area contributed by atoms with Crippen LogP contribution in [0.5, 0.6) is 0 Å². The van der Waals surface area contributed by atoms with Gasteiger partial charge in [-0.3, -0.25) is 14.6 Å². The number of aliphatic carboxylic acids is 1. The summed E-state index contributed by atoms with van der Waals surface area (Å²) in [6.07, 6.45) is -18.5. The Bertz CT molecular complexity index is 1100. The molecule has 0 aliphatic rings. The number of hydrogen-bond donors (Lipinski definition) is 3. The molecule has 7 nitrogen and oxygen atoms in total. The molecule has 1 rings (SSSR count). The van der Waals surface area contributed by atoms with Crippen molar-refractivity contribution < 1.29 is 38.0 Å². The number of aryl methyl sites for hydroxylation is 1. The summed E-state index contributed by atoms with van der Waals surface area (Å²) in [5, 5.41) is 8.15. The van der Waals surface area contributed by atoms with Crippen molar-refractivity contribution in [1.82, 2.24) is 9.97 Å². The number of aromatic nitrogens is 2. The molecule has 0 aliphatic carbocycles. The molecule has 23 heavy (non-hydrogen) atoms. The smallest absolute Gasteiger partial charge is 0.325 e. The molecule has 1 unspecified atom stereocenters. The fourth-order valence-corrected chi connectivity index (χ4v) is 1.11. The molecular formula is C15H25ClN4O3. The number of aldehydes is 1. The van der Waals surface area contributed by atoms with Crippen LogP contribution in [-0.2, 0) is 11.2 Å². The Labute approximate surface area is 165 Å². The number of nitrogens with zero attached hydrogens (tertiary/aromatic N) is 2. The molecule has 1 atom stereocenters. The second kappa shape index (κ2) is 12.6. The number of imidazole rings is 1. The summed E-state index contributed by atoms with van der Waals surface area (Å²) in [5.41, 5.74) is 4.89. The summed E-state index contributed by atoms with van der Waals surface area (Å²) < 4.78 is 124. The number of carbonyl (C=O) groups excluding carboxylic acids is 1.